The number of nitrogen functional groups attached to an aromatic ring is 1. The molecule has 31 heavy (non-hydrogen) atoms. The highest BCUT2D eigenvalue weighted by Crippen LogP contribution is 2.35. The number of hydrogen-bond donors (Lipinski definition) is 1. The highest BCUT2D eigenvalue weighted by molar-refractivity contribution is 5.77. The van der Waals surface area contributed by atoms with Gasteiger partial charge in [-0.25, -0.2) is 15.0 Å². The van der Waals surface area contributed by atoms with E-state index in [0.29, 0.717) is 25.9 Å². The molecular formula is C23H28N6O2. The molecule has 0 amide bonds. The smallest absolute Gasteiger partial charge is 0.220 e. The Hall–Kier alpha value is -2.81. The molecule has 2 aliphatic heterocycles. The first-order valence-electron chi connectivity index (χ1n) is 10.9. The fourth-order valence-corrected chi connectivity index (χ4v) is 4.51. The summed E-state index contributed by atoms with van der Waals surface area (Å²) in [6.45, 7) is 5.08. The molecule has 8 nitrogen and oxygen atoms in total. The number of anilines is 1. The van der Waals surface area contributed by atoms with Gasteiger partial charge in [-0.15, -0.1) is 0 Å². The maximum absolute atomic E-state index is 5.91. The van der Waals surface area contributed by atoms with Gasteiger partial charge in [-0.05, 0) is 18.9 Å². The van der Waals surface area contributed by atoms with Crippen molar-refractivity contribution in [2.24, 2.45) is 0 Å². The molecule has 4 heterocycles. The molecule has 1 unspecified atom stereocenters. The third-order valence-electron chi connectivity index (χ3n) is 6.06. The summed E-state index contributed by atoms with van der Waals surface area (Å²) < 4.78 is 13.7. The van der Waals surface area contributed by atoms with Crippen LogP contribution in [0.3, 0.4) is 0 Å². The van der Waals surface area contributed by atoms with Gasteiger partial charge in [0, 0.05) is 37.4 Å². The molecule has 5 rings (SSSR count). The number of aromatic nitrogens is 4. The molecule has 0 bridgehead atoms. The van der Waals surface area contributed by atoms with Crippen LogP contribution in [0.15, 0.2) is 48.9 Å². The van der Waals surface area contributed by atoms with Crippen LogP contribution < -0.4 is 5.73 Å². The van der Waals surface area contributed by atoms with Crippen LogP contribution in [0.4, 0.5) is 5.95 Å². The molecule has 0 aliphatic carbocycles. The van der Waals surface area contributed by atoms with Crippen molar-refractivity contribution in [2.75, 3.05) is 45.2 Å². The molecule has 2 N–H and O–H groups in total. The molecule has 2 fully saturated rings. The predicted molar refractivity (Wildman–Crippen MR) is 118 cm³/mol. The average Bonchev–Trinajstić information content (AvgIpc) is 3.26. The topological polar surface area (TPSA) is 91.3 Å². The van der Waals surface area contributed by atoms with Crippen molar-refractivity contribution in [1.82, 2.24) is 24.4 Å². The standard InChI is InChI=1S/C23H28N6O2/c24-23-25-9-6-20(27-23)22-21(17-4-2-1-3-5-17)26-16-29(22)18-7-10-28(11-8-18)14-19-15-30-12-13-31-19/h1-6,9,16,18-19H,7-8,10-15H2,(H2,24,25,27). The molecule has 3 aromatic rings. The van der Waals surface area contributed by atoms with E-state index in [1.165, 1.54) is 0 Å². The van der Waals surface area contributed by atoms with Crippen molar-refractivity contribution in [3.63, 3.8) is 0 Å². The minimum absolute atomic E-state index is 0.183. The van der Waals surface area contributed by atoms with Crippen molar-refractivity contribution < 1.29 is 9.47 Å². The molecule has 0 radical (unpaired) electrons. The highest BCUT2D eigenvalue weighted by Gasteiger charge is 2.27. The van der Waals surface area contributed by atoms with Crippen molar-refractivity contribution >= 4 is 5.95 Å². The van der Waals surface area contributed by atoms with Gasteiger partial charge in [0.1, 0.15) is 0 Å². The number of benzene rings is 1. The number of nitrogens with two attached hydrogens (primary N) is 1. The monoisotopic (exact) mass is 420 g/mol. The maximum atomic E-state index is 5.91. The molecule has 1 aromatic carbocycles. The molecule has 2 aliphatic rings. The zero-order valence-electron chi connectivity index (χ0n) is 17.6. The first kappa shape index (κ1) is 20.1. The van der Waals surface area contributed by atoms with Gasteiger partial charge in [-0.1, -0.05) is 30.3 Å². The number of imidazole rings is 1. The maximum Gasteiger partial charge on any atom is 0.220 e. The summed E-state index contributed by atoms with van der Waals surface area (Å²) in [6, 6.07) is 12.5. The van der Waals surface area contributed by atoms with Crippen molar-refractivity contribution in [3.05, 3.63) is 48.9 Å². The second-order valence-electron chi connectivity index (χ2n) is 8.11. The molecule has 2 saturated heterocycles. The predicted octanol–water partition coefficient (Wildman–Crippen LogP) is 2.64. The Labute approximate surface area is 182 Å². The number of hydrogen-bond acceptors (Lipinski definition) is 7. The first-order chi connectivity index (χ1) is 15.3. The van der Waals surface area contributed by atoms with E-state index in [1.807, 2.05) is 30.6 Å². The van der Waals surface area contributed by atoms with E-state index in [1.54, 1.807) is 6.20 Å². The molecule has 8 heteroatoms. The lowest BCUT2D eigenvalue weighted by Crippen LogP contribution is -2.43. The number of ether oxygens (including phenoxy) is 2. The van der Waals surface area contributed by atoms with E-state index < -0.39 is 0 Å². The quantitative estimate of drug-likeness (QED) is 0.678. The van der Waals surface area contributed by atoms with Crippen molar-refractivity contribution in [2.45, 2.75) is 25.0 Å². The lowest BCUT2D eigenvalue weighted by molar-refractivity contribution is -0.0991. The number of likely N-dealkylation sites (tertiary alicyclic amines) is 1. The fraction of sp³-hybridized carbons (Fsp3) is 0.435. The van der Waals surface area contributed by atoms with Gasteiger partial charge in [0.15, 0.2) is 0 Å². The van der Waals surface area contributed by atoms with Crippen LogP contribution in [0, 0.1) is 0 Å². The van der Waals surface area contributed by atoms with Gasteiger partial charge in [0.2, 0.25) is 5.95 Å². The molecule has 0 spiro atoms. The zero-order valence-corrected chi connectivity index (χ0v) is 17.6. The van der Waals surface area contributed by atoms with Gasteiger partial charge >= 0.3 is 0 Å². The Bertz CT molecular complexity index is 994. The van der Waals surface area contributed by atoms with E-state index >= 15 is 0 Å². The van der Waals surface area contributed by atoms with E-state index in [-0.39, 0.29) is 12.1 Å². The van der Waals surface area contributed by atoms with Crippen molar-refractivity contribution in [3.8, 4) is 22.6 Å². The van der Waals surface area contributed by atoms with Gasteiger partial charge in [-0.3, -0.25) is 0 Å². The lowest BCUT2D eigenvalue weighted by atomic mass is 10.0. The van der Waals surface area contributed by atoms with Gasteiger partial charge in [0.05, 0.1) is 49.3 Å². The van der Waals surface area contributed by atoms with Crippen LogP contribution in [0.25, 0.3) is 22.6 Å². The minimum atomic E-state index is 0.183. The molecule has 162 valence electrons. The largest absolute Gasteiger partial charge is 0.376 e. The highest BCUT2D eigenvalue weighted by atomic mass is 16.6. The van der Waals surface area contributed by atoms with Crippen molar-refractivity contribution in [1.29, 1.82) is 0 Å². The summed E-state index contributed by atoms with van der Waals surface area (Å²) in [6.07, 6.45) is 5.94. The Morgan fingerprint density at radius 3 is 2.61 bits per heavy atom. The van der Waals surface area contributed by atoms with E-state index in [9.17, 15) is 0 Å². The Kier molecular flexibility index (Phi) is 5.93. The van der Waals surface area contributed by atoms with E-state index in [4.69, 9.17) is 20.2 Å². The summed E-state index contributed by atoms with van der Waals surface area (Å²) in [5.74, 6) is 0.272. The Morgan fingerprint density at radius 1 is 1.03 bits per heavy atom. The first-order valence-corrected chi connectivity index (χ1v) is 10.9. The summed E-state index contributed by atoms with van der Waals surface area (Å²) in [7, 11) is 0. The number of rotatable bonds is 5. The summed E-state index contributed by atoms with van der Waals surface area (Å²) in [5.41, 5.74) is 9.71. The van der Waals surface area contributed by atoms with Crippen LogP contribution >= 0.6 is 0 Å². The summed E-state index contributed by atoms with van der Waals surface area (Å²) in [4.78, 5) is 15.9. The van der Waals surface area contributed by atoms with Crippen LogP contribution in [0.2, 0.25) is 0 Å². The lowest BCUT2D eigenvalue weighted by Gasteiger charge is -2.36. The third-order valence-corrected chi connectivity index (χ3v) is 6.06. The van der Waals surface area contributed by atoms with Gasteiger partial charge in [0.25, 0.3) is 0 Å². The number of nitrogens with zero attached hydrogens (tertiary/aromatic N) is 5. The van der Waals surface area contributed by atoms with Crippen LogP contribution in [-0.4, -0.2) is 70.0 Å². The third kappa shape index (κ3) is 4.46. The van der Waals surface area contributed by atoms with Crippen LogP contribution in [0.1, 0.15) is 18.9 Å². The van der Waals surface area contributed by atoms with Gasteiger partial charge in [-0.2, -0.15) is 0 Å². The van der Waals surface area contributed by atoms with Gasteiger partial charge < -0.3 is 24.7 Å². The SMILES string of the molecule is Nc1nccc(-c2c(-c3ccccc3)ncn2C2CCN(CC3COCCO3)CC2)n1. The molecule has 1 atom stereocenters. The summed E-state index contributed by atoms with van der Waals surface area (Å²) >= 11 is 0. The average molecular weight is 421 g/mol. The summed E-state index contributed by atoms with van der Waals surface area (Å²) in [5, 5.41) is 0. The van der Waals surface area contributed by atoms with E-state index in [2.05, 4.69) is 31.6 Å². The Balaban J connectivity index is 1.39. The molecule has 0 saturated carbocycles. The molecular weight excluding hydrogens is 392 g/mol. The minimum Gasteiger partial charge on any atom is -0.376 e. The number of piperidine rings is 1. The van der Waals surface area contributed by atoms with Crippen LogP contribution in [0.5, 0.6) is 0 Å². The fourth-order valence-electron chi connectivity index (χ4n) is 4.51. The second kappa shape index (κ2) is 9.13. The normalized spacial score (nSPS) is 20.7. The Morgan fingerprint density at radius 2 is 1.87 bits per heavy atom. The second-order valence-corrected chi connectivity index (χ2v) is 8.11. The van der Waals surface area contributed by atoms with E-state index in [0.717, 1.165) is 55.1 Å². The zero-order chi connectivity index (χ0) is 21.0. The van der Waals surface area contributed by atoms with Crippen LogP contribution in [-0.2, 0) is 9.47 Å². The molecule has 2 aromatic heterocycles.